The standard InChI is InChI=1S/C21H22N4O/c1-4-8-25(3)20-11-19-18(9-14(20)2)24-21(26)12-17(23-19)16-7-5-6-15(10-16)13-22/h5-7,9-11H,4,8,12H2,1-3H3,(H,24,26). The quantitative estimate of drug-likeness (QED) is 0.903. The lowest BCUT2D eigenvalue weighted by atomic mass is 10.0. The second kappa shape index (κ2) is 7.40. The molecule has 0 atom stereocenters. The minimum Gasteiger partial charge on any atom is -0.374 e. The molecule has 3 rings (SSSR count). The molecule has 0 unspecified atom stereocenters. The molecule has 26 heavy (non-hydrogen) atoms. The molecule has 0 aromatic heterocycles. The van der Waals surface area contributed by atoms with Crippen LogP contribution in [0.3, 0.4) is 0 Å². The number of amides is 1. The van der Waals surface area contributed by atoms with Crippen molar-refractivity contribution >= 4 is 28.7 Å². The number of anilines is 2. The number of aryl methyl sites for hydroxylation is 1. The Balaban J connectivity index is 2.10. The maximum atomic E-state index is 12.3. The van der Waals surface area contributed by atoms with Gasteiger partial charge in [0.05, 0.1) is 35.1 Å². The zero-order chi connectivity index (χ0) is 18.7. The second-order valence-electron chi connectivity index (χ2n) is 6.55. The molecule has 1 aliphatic rings. The van der Waals surface area contributed by atoms with Crippen molar-refractivity contribution in [3.63, 3.8) is 0 Å². The van der Waals surface area contributed by atoms with Crippen molar-refractivity contribution in [3.8, 4) is 6.07 Å². The van der Waals surface area contributed by atoms with Crippen molar-refractivity contribution in [2.24, 2.45) is 4.99 Å². The van der Waals surface area contributed by atoms with E-state index in [9.17, 15) is 4.79 Å². The molecule has 2 aromatic rings. The average molecular weight is 346 g/mol. The van der Waals surface area contributed by atoms with Gasteiger partial charge in [-0.3, -0.25) is 9.79 Å². The predicted octanol–water partition coefficient (Wildman–Crippen LogP) is 4.18. The van der Waals surface area contributed by atoms with Crippen molar-refractivity contribution in [1.29, 1.82) is 5.26 Å². The fourth-order valence-electron chi connectivity index (χ4n) is 3.21. The van der Waals surface area contributed by atoms with E-state index >= 15 is 0 Å². The largest absolute Gasteiger partial charge is 0.374 e. The van der Waals surface area contributed by atoms with Crippen LogP contribution in [0, 0.1) is 18.3 Å². The van der Waals surface area contributed by atoms with Crippen molar-refractivity contribution in [3.05, 3.63) is 53.1 Å². The lowest BCUT2D eigenvalue weighted by molar-refractivity contribution is -0.115. The third-order valence-corrected chi connectivity index (χ3v) is 4.47. The molecule has 1 N–H and O–H groups in total. The van der Waals surface area contributed by atoms with Gasteiger partial charge in [-0.2, -0.15) is 5.26 Å². The molecule has 0 aliphatic carbocycles. The smallest absolute Gasteiger partial charge is 0.230 e. The topological polar surface area (TPSA) is 68.5 Å². The molecule has 0 radical (unpaired) electrons. The zero-order valence-corrected chi connectivity index (χ0v) is 15.3. The van der Waals surface area contributed by atoms with Crippen LogP contribution in [0.15, 0.2) is 41.4 Å². The van der Waals surface area contributed by atoms with Crippen molar-refractivity contribution in [1.82, 2.24) is 0 Å². The molecular formula is C21H22N4O. The van der Waals surface area contributed by atoms with Crippen LogP contribution in [0.5, 0.6) is 0 Å². The van der Waals surface area contributed by atoms with Crippen molar-refractivity contribution in [2.75, 3.05) is 23.8 Å². The Morgan fingerprint density at radius 1 is 1.31 bits per heavy atom. The summed E-state index contributed by atoms with van der Waals surface area (Å²) >= 11 is 0. The van der Waals surface area contributed by atoms with Crippen LogP contribution in [0.2, 0.25) is 0 Å². The Morgan fingerprint density at radius 2 is 2.12 bits per heavy atom. The number of carbonyl (C=O) groups is 1. The summed E-state index contributed by atoms with van der Waals surface area (Å²) in [6.07, 6.45) is 1.24. The number of nitriles is 1. The van der Waals surface area contributed by atoms with Gasteiger partial charge in [0, 0.05) is 19.3 Å². The van der Waals surface area contributed by atoms with Crippen molar-refractivity contribution < 1.29 is 4.79 Å². The van der Waals surface area contributed by atoms with Crippen LogP contribution in [-0.4, -0.2) is 25.2 Å². The SMILES string of the molecule is CCCN(C)c1cc2c(cc1C)NC(=O)CC(c1cccc(C#N)c1)=N2. The van der Waals surface area contributed by atoms with Crippen LogP contribution >= 0.6 is 0 Å². The van der Waals surface area contributed by atoms with E-state index in [0.717, 1.165) is 41.2 Å². The van der Waals surface area contributed by atoms with Gasteiger partial charge >= 0.3 is 0 Å². The normalized spacial score (nSPS) is 13.2. The predicted molar refractivity (Wildman–Crippen MR) is 105 cm³/mol. The molecule has 2 aromatic carbocycles. The van der Waals surface area contributed by atoms with Gasteiger partial charge in [0.1, 0.15) is 0 Å². The Bertz CT molecular complexity index is 924. The fraction of sp³-hybridized carbons (Fsp3) is 0.286. The average Bonchev–Trinajstić information content (AvgIpc) is 2.79. The number of rotatable bonds is 4. The van der Waals surface area contributed by atoms with Gasteiger partial charge in [-0.1, -0.05) is 19.1 Å². The number of hydrogen-bond donors (Lipinski definition) is 1. The first-order valence-corrected chi connectivity index (χ1v) is 8.75. The molecule has 0 saturated heterocycles. The lowest BCUT2D eigenvalue weighted by Gasteiger charge is -2.22. The van der Waals surface area contributed by atoms with Gasteiger partial charge in [0.25, 0.3) is 0 Å². The Labute approximate surface area is 154 Å². The van der Waals surface area contributed by atoms with Gasteiger partial charge in [-0.05, 0) is 48.7 Å². The Kier molecular flexibility index (Phi) is 5.04. The van der Waals surface area contributed by atoms with E-state index in [1.807, 2.05) is 31.2 Å². The number of nitrogens with zero attached hydrogens (tertiary/aromatic N) is 3. The van der Waals surface area contributed by atoms with E-state index in [0.29, 0.717) is 11.3 Å². The summed E-state index contributed by atoms with van der Waals surface area (Å²) in [6.45, 7) is 5.14. The molecule has 1 aliphatic heterocycles. The molecular weight excluding hydrogens is 324 g/mol. The van der Waals surface area contributed by atoms with Crippen LogP contribution < -0.4 is 10.2 Å². The van der Waals surface area contributed by atoms with E-state index in [-0.39, 0.29) is 12.3 Å². The summed E-state index contributed by atoms with van der Waals surface area (Å²) in [5.74, 6) is -0.0982. The third-order valence-electron chi connectivity index (χ3n) is 4.47. The fourth-order valence-corrected chi connectivity index (χ4v) is 3.21. The molecule has 132 valence electrons. The van der Waals surface area contributed by atoms with E-state index in [2.05, 4.69) is 30.3 Å². The molecule has 0 spiro atoms. The summed E-state index contributed by atoms with van der Waals surface area (Å²) in [7, 11) is 2.06. The van der Waals surface area contributed by atoms with E-state index in [1.54, 1.807) is 12.1 Å². The van der Waals surface area contributed by atoms with Crippen LogP contribution in [0.25, 0.3) is 0 Å². The number of benzene rings is 2. The highest BCUT2D eigenvalue weighted by molar-refractivity contribution is 6.17. The Hall–Kier alpha value is -3.13. The number of fused-ring (bicyclic) bond motifs is 1. The Morgan fingerprint density at radius 3 is 2.85 bits per heavy atom. The molecule has 1 heterocycles. The van der Waals surface area contributed by atoms with Gasteiger partial charge in [-0.25, -0.2) is 0 Å². The lowest BCUT2D eigenvalue weighted by Crippen LogP contribution is -2.19. The van der Waals surface area contributed by atoms with Gasteiger partial charge < -0.3 is 10.2 Å². The van der Waals surface area contributed by atoms with E-state index in [1.165, 1.54) is 0 Å². The monoisotopic (exact) mass is 346 g/mol. The molecule has 5 nitrogen and oxygen atoms in total. The number of carbonyl (C=O) groups excluding carboxylic acids is 1. The molecule has 5 heteroatoms. The second-order valence-corrected chi connectivity index (χ2v) is 6.55. The molecule has 0 bridgehead atoms. The van der Waals surface area contributed by atoms with E-state index < -0.39 is 0 Å². The zero-order valence-electron chi connectivity index (χ0n) is 15.3. The minimum absolute atomic E-state index is 0.0982. The van der Waals surface area contributed by atoms with Crippen molar-refractivity contribution in [2.45, 2.75) is 26.7 Å². The summed E-state index contributed by atoms with van der Waals surface area (Å²) in [4.78, 5) is 19.3. The number of nitrogens with one attached hydrogen (secondary N) is 1. The molecule has 1 amide bonds. The maximum Gasteiger partial charge on any atom is 0.230 e. The highest BCUT2D eigenvalue weighted by Crippen LogP contribution is 2.35. The minimum atomic E-state index is -0.0982. The first kappa shape index (κ1) is 17.7. The first-order valence-electron chi connectivity index (χ1n) is 8.75. The van der Waals surface area contributed by atoms with Crippen LogP contribution in [0.4, 0.5) is 17.1 Å². The third kappa shape index (κ3) is 3.60. The molecule has 0 fully saturated rings. The van der Waals surface area contributed by atoms with Crippen LogP contribution in [-0.2, 0) is 4.79 Å². The highest BCUT2D eigenvalue weighted by Gasteiger charge is 2.19. The summed E-state index contributed by atoms with van der Waals surface area (Å²) in [5.41, 5.74) is 5.72. The summed E-state index contributed by atoms with van der Waals surface area (Å²) < 4.78 is 0. The first-order chi connectivity index (χ1) is 12.5. The summed E-state index contributed by atoms with van der Waals surface area (Å²) in [6, 6.07) is 13.4. The molecule has 0 saturated carbocycles. The highest BCUT2D eigenvalue weighted by atomic mass is 16.1. The van der Waals surface area contributed by atoms with Crippen LogP contribution in [0.1, 0.15) is 36.5 Å². The van der Waals surface area contributed by atoms with Gasteiger partial charge in [0.15, 0.2) is 0 Å². The van der Waals surface area contributed by atoms with Gasteiger partial charge in [-0.15, -0.1) is 0 Å². The van der Waals surface area contributed by atoms with E-state index in [4.69, 9.17) is 10.3 Å². The number of hydrogen-bond acceptors (Lipinski definition) is 4. The number of aliphatic imine (C=N–C) groups is 1. The maximum absolute atomic E-state index is 12.3. The summed E-state index contributed by atoms with van der Waals surface area (Å²) in [5, 5.41) is 12.1. The van der Waals surface area contributed by atoms with Gasteiger partial charge in [0.2, 0.25) is 5.91 Å².